The van der Waals surface area contributed by atoms with Crippen LogP contribution in [-0.4, -0.2) is 16.7 Å². The summed E-state index contributed by atoms with van der Waals surface area (Å²) in [5.41, 5.74) is 5.15. The first-order valence-electron chi connectivity index (χ1n) is 9.86. The summed E-state index contributed by atoms with van der Waals surface area (Å²) in [6.45, 7) is 3.84. The van der Waals surface area contributed by atoms with Crippen molar-refractivity contribution in [2.75, 3.05) is 5.01 Å². The van der Waals surface area contributed by atoms with Gasteiger partial charge in [0.2, 0.25) is 0 Å². The lowest BCUT2D eigenvalue weighted by Gasteiger charge is -2.27. The molecule has 2 aliphatic rings. The smallest absolute Gasteiger partial charge is 0.149 e. The Labute approximate surface area is 165 Å². The molecule has 5 heteroatoms. The number of nitrogens with zero attached hydrogens (tertiary/aromatic N) is 5. The molecule has 0 amide bonds. The minimum Gasteiger partial charge on any atom is -0.244 e. The fourth-order valence-electron chi connectivity index (χ4n) is 4.40. The van der Waals surface area contributed by atoms with Gasteiger partial charge in [-0.15, -0.1) is 0 Å². The van der Waals surface area contributed by atoms with Crippen LogP contribution in [0.3, 0.4) is 0 Å². The largest absolute Gasteiger partial charge is 0.244 e. The predicted molar refractivity (Wildman–Crippen MR) is 109 cm³/mol. The number of hydrogen-bond acceptors (Lipinski definition) is 5. The number of rotatable bonds is 3. The van der Waals surface area contributed by atoms with Crippen molar-refractivity contribution < 1.29 is 0 Å². The van der Waals surface area contributed by atoms with Crippen LogP contribution < -0.4 is 5.01 Å². The molecule has 5 nitrogen and oxygen atoms in total. The molecule has 140 valence electrons. The summed E-state index contributed by atoms with van der Waals surface area (Å²) in [4.78, 5) is 4.67. The highest BCUT2D eigenvalue weighted by Crippen LogP contribution is 2.38. The van der Waals surface area contributed by atoms with E-state index in [1.807, 2.05) is 38.1 Å². The molecule has 0 bridgehead atoms. The summed E-state index contributed by atoms with van der Waals surface area (Å²) in [7, 11) is 0. The summed E-state index contributed by atoms with van der Waals surface area (Å²) < 4.78 is 0. The van der Waals surface area contributed by atoms with Crippen molar-refractivity contribution in [2.24, 2.45) is 11.0 Å². The molecule has 1 unspecified atom stereocenters. The van der Waals surface area contributed by atoms with Gasteiger partial charge in [-0.1, -0.05) is 18.9 Å². The Morgan fingerprint density at radius 2 is 1.71 bits per heavy atom. The maximum absolute atomic E-state index is 9.20. The number of benzene rings is 1. The van der Waals surface area contributed by atoms with E-state index in [-0.39, 0.29) is 0 Å². The monoisotopic (exact) mass is 369 g/mol. The Morgan fingerprint density at radius 1 is 1.00 bits per heavy atom. The highest BCUT2D eigenvalue weighted by molar-refractivity contribution is 6.03. The Bertz CT molecular complexity index is 1020. The Balaban J connectivity index is 1.72. The number of pyridine rings is 1. The summed E-state index contributed by atoms with van der Waals surface area (Å²) in [6, 6.07) is 14.4. The quantitative estimate of drug-likeness (QED) is 0.791. The topological polar surface area (TPSA) is 76.1 Å². The molecular formula is C23H23N5. The van der Waals surface area contributed by atoms with Gasteiger partial charge in [0.25, 0.3) is 0 Å². The average Bonchev–Trinajstić information content (AvgIpc) is 3.37. The maximum Gasteiger partial charge on any atom is 0.149 e. The third-order valence-corrected chi connectivity index (χ3v) is 6.00. The molecule has 0 radical (unpaired) electrons. The minimum atomic E-state index is 0.299. The van der Waals surface area contributed by atoms with Crippen LogP contribution in [0.2, 0.25) is 0 Å². The Hall–Kier alpha value is -3.18. The van der Waals surface area contributed by atoms with E-state index < -0.39 is 0 Å². The van der Waals surface area contributed by atoms with Gasteiger partial charge in [0, 0.05) is 6.42 Å². The lowest BCUT2D eigenvalue weighted by molar-refractivity contribution is 0.428. The van der Waals surface area contributed by atoms with Gasteiger partial charge in [0.05, 0.1) is 34.6 Å². The molecule has 1 aromatic heterocycles. The summed E-state index contributed by atoms with van der Waals surface area (Å²) in [5, 5.41) is 25.5. The van der Waals surface area contributed by atoms with Crippen molar-refractivity contribution >= 4 is 11.5 Å². The summed E-state index contributed by atoms with van der Waals surface area (Å²) in [6.07, 6.45) is 5.90. The second-order valence-electron chi connectivity index (χ2n) is 7.76. The van der Waals surface area contributed by atoms with E-state index in [0.29, 0.717) is 23.1 Å². The van der Waals surface area contributed by atoms with Gasteiger partial charge >= 0.3 is 0 Å². The van der Waals surface area contributed by atoms with Gasteiger partial charge in [0.15, 0.2) is 0 Å². The maximum atomic E-state index is 9.20. The Kier molecular flexibility index (Phi) is 4.84. The molecule has 1 saturated carbocycles. The van der Waals surface area contributed by atoms with Gasteiger partial charge in [-0.2, -0.15) is 15.6 Å². The van der Waals surface area contributed by atoms with E-state index in [1.54, 1.807) is 0 Å². The van der Waals surface area contributed by atoms with Gasteiger partial charge in [-0.25, -0.2) is 9.99 Å². The van der Waals surface area contributed by atoms with Crippen molar-refractivity contribution in [2.45, 2.75) is 52.0 Å². The molecule has 2 aromatic rings. The van der Waals surface area contributed by atoms with E-state index >= 15 is 0 Å². The van der Waals surface area contributed by atoms with Crippen LogP contribution in [0.5, 0.6) is 0 Å². The molecular weight excluding hydrogens is 346 g/mol. The average molecular weight is 369 g/mol. The first kappa shape index (κ1) is 18.2. The van der Waals surface area contributed by atoms with E-state index in [4.69, 9.17) is 5.10 Å². The molecule has 2 heterocycles. The standard InChI is InChI=1S/C23H23N5/c1-15-11-18(7-8-19(15)13-24)21-12-22(17-5-3-4-6-17)28(27-21)23-10-9-20(14-25)16(2)26-23/h7-11,17,22H,3-6,12H2,1-2H3. The van der Waals surface area contributed by atoms with Gasteiger partial charge in [-0.3, -0.25) is 0 Å². The molecule has 0 saturated heterocycles. The molecule has 1 aliphatic heterocycles. The molecule has 1 atom stereocenters. The van der Waals surface area contributed by atoms with E-state index in [9.17, 15) is 10.5 Å². The summed E-state index contributed by atoms with van der Waals surface area (Å²) >= 11 is 0. The zero-order chi connectivity index (χ0) is 19.7. The Morgan fingerprint density at radius 3 is 2.36 bits per heavy atom. The van der Waals surface area contributed by atoms with Crippen LogP contribution in [0.15, 0.2) is 35.4 Å². The molecule has 0 N–H and O–H groups in total. The van der Waals surface area contributed by atoms with Crippen LogP contribution >= 0.6 is 0 Å². The number of aromatic nitrogens is 1. The number of hydrogen-bond donors (Lipinski definition) is 0. The van der Waals surface area contributed by atoms with E-state index in [2.05, 4.69) is 28.2 Å². The number of nitriles is 2. The minimum absolute atomic E-state index is 0.299. The molecule has 0 spiro atoms. The predicted octanol–water partition coefficient (Wildman–Crippen LogP) is 4.62. The van der Waals surface area contributed by atoms with Crippen LogP contribution in [0.25, 0.3) is 0 Å². The van der Waals surface area contributed by atoms with Gasteiger partial charge in [-0.05, 0) is 68.0 Å². The van der Waals surface area contributed by atoms with E-state index in [1.165, 1.54) is 25.7 Å². The number of hydrazone groups is 1. The lowest BCUT2D eigenvalue weighted by atomic mass is 9.91. The molecule has 1 aromatic carbocycles. The van der Waals surface area contributed by atoms with Crippen molar-refractivity contribution in [1.29, 1.82) is 10.5 Å². The van der Waals surface area contributed by atoms with Crippen molar-refractivity contribution in [3.63, 3.8) is 0 Å². The SMILES string of the molecule is Cc1cc(C2=NN(c3ccc(C#N)c(C)n3)C(C3CCCC3)C2)ccc1C#N. The third kappa shape index (κ3) is 3.25. The van der Waals surface area contributed by atoms with E-state index in [0.717, 1.165) is 34.8 Å². The molecule has 28 heavy (non-hydrogen) atoms. The van der Waals surface area contributed by atoms with Crippen LogP contribution in [0.4, 0.5) is 5.82 Å². The fourth-order valence-corrected chi connectivity index (χ4v) is 4.40. The lowest BCUT2D eigenvalue weighted by Crippen LogP contribution is -2.33. The van der Waals surface area contributed by atoms with Crippen molar-refractivity contribution in [3.8, 4) is 12.1 Å². The zero-order valence-corrected chi connectivity index (χ0v) is 16.3. The first-order valence-corrected chi connectivity index (χ1v) is 9.86. The van der Waals surface area contributed by atoms with Gasteiger partial charge in [0.1, 0.15) is 11.9 Å². The number of aryl methyl sites for hydroxylation is 2. The molecule has 4 rings (SSSR count). The second-order valence-corrected chi connectivity index (χ2v) is 7.76. The van der Waals surface area contributed by atoms with Crippen molar-refractivity contribution in [1.82, 2.24) is 4.98 Å². The number of anilines is 1. The molecule has 1 fully saturated rings. The first-order chi connectivity index (χ1) is 13.6. The van der Waals surface area contributed by atoms with Crippen LogP contribution in [0, 0.1) is 42.4 Å². The fraction of sp³-hybridized carbons (Fsp3) is 0.391. The van der Waals surface area contributed by atoms with Crippen molar-refractivity contribution in [3.05, 3.63) is 58.3 Å². The van der Waals surface area contributed by atoms with Crippen LogP contribution in [-0.2, 0) is 0 Å². The van der Waals surface area contributed by atoms with Gasteiger partial charge < -0.3 is 0 Å². The normalized spacial score (nSPS) is 19.4. The highest BCUT2D eigenvalue weighted by Gasteiger charge is 2.36. The molecule has 1 aliphatic carbocycles. The third-order valence-electron chi connectivity index (χ3n) is 6.00. The zero-order valence-electron chi connectivity index (χ0n) is 16.3. The highest BCUT2D eigenvalue weighted by atomic mass is 15.5. The summed E-state index contributed by atoms with van der Waals surface area (Å²) in [5.74, 6) is 1.42. The second kappa shape index (κ2) is 7.44. The van der Waals surface area contributed by atoms with Crippen LogP contribution in [0.1, 0.15) is 60.1 Å².